The first-order valence-corrected chi connectivity index (χ1v) is 8.55. The monoisotopic (exact) mass is 396 g/mol. The molecule has 0 saturated carbocycles. The van der Waals surface area contributed by atoms with Crippen molar-refractivity contribution in [2.75, 3.05) is 10.6 Å². The van der Waals surface area contributed by atoms with Crippen LogP contribution in [0.2, 0.25) is 0 Å². The van der Waals surface area contributed by atoms with Crippen molar-refractivity contribution < 1.29 is 4.79 Å². The van der Waals surface area contributed by atoms with Crippen molar-refractivity contribution in [3.05, 3.63) is 76.0 Å². The van der Waals surface area contributed by atoms with Crippen LogP contribution in [0.1, 0.15) is 21.6 Å². The highest BCUT2D eigenvalue weighted by Crippen LogP contribution is 2.20. The maximum Gasteiger partial charge on any atom is 0.274 e. The van der Waals surface area contributed by atoms with Crippen molar-refractivity contribution in [2.24, 2.45) is 0 Å². The number of hydrogen-bond donors (Lipinski definition) is 2. The first kappa shape index (κ1) is 17.1. The van der Waals surface area contributed by atoms with Crippen molar-refractivity contribution in [3.63, 3.8) is 0 Å². The van der Waals surface area contributed by atoms with Gasteiger partial charge in [0.2, 0.25) is 5.95 Å². The topological polar surface area (TPSA) is 66.9 Å². The van der Waals surface area contributed by atoms with E-state index in [1.165, 1.54) is 5.56 Å². The average molecular weight is 397 g/mol. The van der Waals surface area contributed by atoms with Gasteiger partial charge in [0.05, 0.1) is 0 Å². The number of rotatable bonds is 4. The molecule has 0 aliphatic carbocycles. The third kappa shape index (κ3) is 4.42. The van der Waals surface area contributed by atoms with Crippen LogP contribution < -0.4 is 10.6 Å². The standard InChI is InChI=1S/C19H17BrN4O/c1-12-6-7-16(13(2)10-12)23-19-21-9-8-17(24-19)18(25)22-15-5-3-4-14(20)11-15/h3-11H,1-2H3,(H,22,25)(H,21,23,24). The number of carbonyl (C=O) groups is 1. The van der Waals surface area contributed by atoms with Gasteiger partial charge >= 0.3 is 0 Å². The Kier molecular flexibility index (Phi) is 5.09. The molecule has 2 aromatic carbocycles. The summed E-state index contributed by atoms with van der Waals surface area (Å²) in [6.45, 7) is 4.05. The Balaban J connectivity index is 1.77. The summed E-state index contributed by atoms with van der Waals surface area (Å²) < 4.78 is 0.894. The molecule has 0 fully saturated rings. The first-order chi connectivity index (χ1) is 12.0. The van der Waals surface area contributed by atoms with Crippen molar-refractivity contribution in [1.82, 2.24) is 9.97 Å². The lowest BCUT2D eigenvalue weighted by molar-refractivity contribution is 0.102. The Labute approximate surface area is 154 Å². The van der Waals surface area contributed by atoms with Crippen molar-refractivity contribution in [1.29, 1.82) is 0 Å². The minimum atomic E-state index is -0.288. The second-order valence-corrected chi connectivity index (χ2v) is 6.59. The molecule has 0 spiro atoms. The van der Waals surface area contributed by atoms with Crippen molar-refractivity contribution in [2.45, 2.75) is 13.8 Å². The van der Waals surface area contributed by atoms with Gasteiger partial charge in [-0.25, -0.2) is 9.97 Å². The lowest BCUT2D eigenvalue weighted by Crippen LogP contribution is -2.14. The molecule has 3 aromatic rings. The molecule has 0 saturated heterocycles. The van der Waals surface area contributed by atoms with Gasteiger partial charge in [0, 0.05) is 22.0 Å². The van der Waals surface area contributed by atoms with Gasteiger partial charge in [-0.2, -0.15) is 0 Å². The van der Waals surface area contributed by atoms with Crippen LogP contribution in [0.4, 0.5) is 17.3 Å². The Morgan fingerprint density at radius 3 is 2.68 bits per heavy atom. The summed E-state index contributed by atoms with van der Waals surface area (Å²) in [6, 6.07) is 15.0. The fraction of sp³-hybridized carbons (Fsp3) is 0.105. The van der Waals surface area contributed by atoms with Crippen LogP contribution in [0.3, 0.4) is 0 Å². The van der Waals surface area contributed by atoms with Gasteiger partial charge in [-0.05, 0) is 49.7 Å². The largest absolute Gasteiger partial charge is 0.324 e. The van der Waals surface area contributed by atoms with E-state index in [4.69, 9.17) is 0 Å². The van der Waals surface area contributed by atoms with Crippen molar-refractivity contribution in [3.8, 4) is 0 Å². The molecule has 1 heterocycles. The van der Waals surface area contributed by atoms with Crippen LogP contribution in [0.15, 0.2) is 59.2 Å². The number of aromatic nitrogens is 2. The molecule has 0 radical (unpaired) electrons. The van der Waals surface area contributed by atoms with Crippen LogP contribution >= 0.6 is 15.9 Å². The molecule has 5 nitrogen and oxygen atoms in total. The molecule has 0 bridgehead atoms. The number of anilines is 3. The Morgan fingerprint density at radius 1 is 1.08 bits per heavy atom. The zero-order valence-corrected chi connectivity index (χ0v) is 15.5. The zero-order chi connectivity index (χ0) is 17.8. The molecule has 0 unspecified atom stereocenters. The molecule has 0 atom stereocenters. The van der Waals surface area contributed by atoms with E-state index in [1.807, 2.05) is 50.2 Å². The summed E-state index contributed by atoms with van der Waals surface area (Å²) in [4.78, 5) is 20.9. The lowest BCUT2D eigenvalue weighted by atomic mass is 10.1. The minimum absolute atomic E-state index is 0.288. The fourth-order valence-electron chi connectivity index (χ4n) is 2.38. The van der Waals surface area contributed by atoms with Gasteiger partial charge in [-0.1, -0.05) is 39.7 Å². The van der Waals surface area contributed by atoms with Crippen LogP contribution in [-0.2, 0) is 0 Å². The Hall–Kier alpha value is -2.73. The fourth-order valence-corrected chi connectivity index (χ4v) is 2.78. The summed E-state index contributed by atoms with van der Waals surface area (Å²) >= 11 is 3.38. The van der Waals surface area contributed by atoms with E-state index in [1.54, 1.807) is 12.3 Å². The third-order valence-corrected chi connectivity index (χ3v) is 4.09. The average Bonchev–Trinajstić information content (AvgIpc) is 2.58. The summed E-state index contributed by atoms with van der Waals surface area (Å²) in [5, 5.41) is 5.98. The smallest absolute Gasteiger partial charge is 0.274 e. The van der Waals surface area contributed by atoms with E-state index < -0.39 is 0 Å². The van der Waals surface area contributed by atoms with Crippen LogP contribution in [0.5, 0.6) is 0 Å². The van der Waals surface area contributed by atoms with Crippen LogP contribution in [0, 0.1) is 13.8 Å². The summed E-state index contributed by atoms with van der Waals surface area (Å²) in [6.07, 6.45) is 1.56. The number of nitrogens with one attached hydrogen (secondary N) is 2. The van der Waals surface area contributed by atoms with Gasteiger partial charge in [0.25, 0.3) is 5.91 Å². The Bertz CT molecular complexity index is 927. The predicted molar refractivity (Wildman–Crippen MR) is 103 cm³/mol. The normalized spacial score (nSPS) is 10.4. The number of carbonyl (C=O) groups excluding carboxylic acids is 1. The first-order valence-electron chi connectivity index (χ1n) is 7.75. The molecule has 126 valence electrons. The van der Waals surface area contributed by atoms with Gasteiger partial charge in [0.15, 0.2) is 0 Å². The maximum atomic E-state index is 12.4. The number of hydrogen-bond acceptors (Lipinski definition) is 4. The van der Waals surface area contributed by atoms with Gasteiger partial charge < -0.3 is 10.6 Å². The predicted octanol–water partition coefficient (Wildman–Crippen LogP) is 4.85. The highest BCUT2D eigenvalue weighted by molar-refractivity contribution is 9.10. The zero-order valence-electron chi connectivity index (χ0n) is 13.9. The van der Waals surface area contributed by atoms with Gasteiger partial charge in [-0.3, -0.25) is 4.79 Å². The molecule has 1 aromatic heterocycles. The summed E-state index contributed by atoms with van der Waals surface area (Å²) in [7, 11) is 0. The molecule has 2 N–H and O–H groups in total. The molecule has 25 heavy (non-hydrogen) atoms. The molecule has 6 heteroatoms. The number of halogens is 1. The van der Waals surface area contributed by atoms with Gasteiger partial charge in [-0.15, -0.1) is 0 Å². The van der Waals surface area contributed by atoms with Crippen LogP contribution in [0.25, 0.3) is 0 Å². The highest BCUT2D eigenvalue weighted by Gasteiger charge is 2.10. The lowest BCUT2D eigenvalue weighted by Gasteiger charge is -2.10. The number of aryl methyl sites for hydroxylation is 2. The Morgan fingerprint density at radius 2 is 1.92 bits per heavy atom. The van der Waals surface area contributed by atoms with E-state index in [-0.39, 0.29) is 5.91 Å². The third-order valence-electron chi connectivity index (χ3n) is 3.60. The second kappa shape index (κ2) is 7.44. The molecule has 3 rings (SSSR count). The minimum Gasteiger partial charge on any atom is -0.324 e. The van der Waals surface area contributed by atoms with E-state index in [2.05, 4.69) is 42.6 Å². The van der Waals surface area contributed by atoms with E-state index in [0.717, 1.165) is 15.7 Å². The van der Waals surface area contributed by atoms with Crippen molar-refractivity contribution >= 4 is 39.2 Å². The number of amides is 1. The summed E-state index contributed by atoms with van der Waals surface area (Å²) in [5.41, 5.74) is 4.18. The SMILES string of the molecule is Cc1ccc(Nc2nccc(C(=O)Nc3cccc(Br)c3)n2)c(C)c1. The number of benzene rings is 2. The molecule has 0 aliphatic heterocycles. The molecular formula is C19H17BrN4O. The maximum absolute atomic E-state index is 12.4. The highest BCUT2D eigenvalue weighted by atomic mass is 79.9. The number of nitrogens with zero attached hydrogens (tertiary/aromatic N) is 2. The summed E-state index contributed by atoms with van der Waals surface area (Å²) in [5.74, 6) is 0.0954. The van der Waals surface area contributed by atoms with E-state index in [0.29, 0.717) is 17.3 Å². The van der Waals surface area contributed by atoms with E-state index >= 15 is 0 Å². The molecular weight excluding hydrogens is 380 g/mol. The quantitative estimate of drug-likeness (QED) is 0.661. The van der Waals surface area contributed by atoms with Gasteiger partial charge in [0.1, 0.15) is 5.69 Å². The van der Waals surface area contributed by atoms with Crippen LogP contribution in [-0.4, -0.2) is 15.9 Å². The second-order valence-electron chi connectivity index (χ2n) is 5.67. The molecule has 1 amide bonds. The molecule has 0 aliphatic rings. The van der Waals surface area contributed by atoms with E-state index in [9.17, 15) is 4.79 Å².